The predicted octanol–water partition coefficient (Wildman–Crippen LogP) is 5.64. The van der Waals surface area contributed by atoms with Crippen LogP contribution < -0.4 is 11.3 Å². The average molecular weight is 565 g/mol. The maximum atomic E-state index is 15.4. The molecule has 1 aliphatic rings. The highest BCUT2D eigenvalue weighted by molar-refractivity contribution is 6.04. The molecule has 8 nitrogen and oxygen atoms in total. The fraction of sp³-hybridized carbons (Fsp3) is 0.273. The normalized spacial score (nSPS) is 13.2. The molecule has 0 fully saturated rings. The number of rotatable bonds is 5. The molecule has 0 amide bonds. The molecular weight excluding hydrogens is 531 g/mol. The zero-order valence-corrected chi connectivity index (χ0v) is 24.3. The number of fused-ring (bicyclic) bond motifs is 2. The summed E-state index contributed by atoms with van der Waals surface area (Å²) in [4.78, 5) is 18.1. The quantitative estimate of drug-likeness (QED) is 0.287. The number of amidine groups is 1. The molecule has 5 aromatic rings. The molecule has 9 heteroatoms. The van der Waals surface area contributed by atoms with Gasteiger partial charge in [-0.1, -0.05) is 32.9 Å². The Morgan fingerprint density at radius 2 is 1.83 bits per heavy atom. The van der Waals surface area contributed by atoms with Crippen molar-refractivity contribution < 1.29 is 9.50 Å². The maximum Gasteiger partial charge on any atom is 0.282 e. The number of benzene rings is 3. The van der Waals surface area contributed by atoms with Gasteiger partial charge in [0.2, 0.25) is 0 Å². The SMILES string of the molecule is CC(C)n1ccc(-c2cc(-c3cccc(-n4ncc5cc(C(C)(C)C)cc(F)c5c4=O)c3CO)cc3c2CN=C3N)n1. The average Bonchev–Trinajstić information content (AvgIpc) is 3.59. The Morgan fingerprint density at radius 1 is 1.07 bits per heavy atom. The Labute approximate surface area is 243 Å². The van der Waals surface area contributed by atoms with Crippen molar-refractivity contribution in [1.82, 2.24) is 19.6 Å². The van der Waals surface area contributed by atoms with Gasteiger partial charge >= 0.3 is 0 Å². The summed E-state index contributed by atoms with van der Waals surface area (Å²) in [7, 11) is 0. The predicted molar refractivity (Wildman–Crippen MR) is 163 cm³/mol. The van der Waals surface area contributed by atoms with Crippen molar-refractivity contribution in [2.75, 3.05) is 0 Å². The topological polar surface area (TPSA) is 111 Å². The lowest BCUT2D eigenvalue weighted by molar-refractivity contribution is 0.282. The summed E-state index contributed by atoms with van der Waals surface area (Å²) in [5.41, 5.74) is 12.0. The standard InChI is InChI=1S/C33H33FN6O2/c1-18(2)39-10-9-28(38-39)23-12-19(13-24-25(23)16-36-31(24)35)22-7-6-8-29(26(22)17-41)40-32(42)30-20(15-37-40)11-21(14-27(30)34)33(3,4)5/h6-15,18,41H,16-17H2,1-5H3,(H2,35,36). The van der Waals surface area contributed by atoms with Gasteiger partial charge in [-0.3, -0.25) is 14.5 Å². The second kappa shape index (κ2) is 10.0. The van der Waals surface area contributed by atoms with Gasteiger partial charge < -0.3 is 10.8 Å². The molecule has 3 aromatic carbocycles. The molecule has 0 atom stereocenters. The van der Waals surface area contributed by atoms with E-state index in [1.165, 1.54) is 12.3 Å². The summed E-state index contributed by atoms with van der Waals surface area (Å²) in [5.74, 6) is -0.158. The van der Waals surface area contributed by atoms with Crippen molar-refractivity contribution in [2.24, 2.45) is 10.7 Å². The van der Waals surface area contributed by atoms with E-state index in [2.05, 4.69) is 23.9 Å². The zero-order chi connectivity index (χ0) is 29.9. The van der Waals surface area contributed by atoms with E-state index in [1.54, 1.807) is 18.2 Å². The first-order valence-corrected chi connectivity index (χ1v) is 14.0. The van der Waals surface area contributed by atoms with Crippen molar-refractivity contribution in [3.63, 3.8) is 0 Å². The van der Waals surface area contributed by atoms with E-state index in [1.807, 2.05) is 55.9 Å². The largest absolute Gasteiger partial charge is 0.392 e. The monoisotopic (exact) mass is 564 g/mol. The molecule has 214 valence electrons. The van der Waals surface area contributed by atoms with Crippen LogP contribution in [0.3, 0.4) is 0 Å². The summed E-state index contributed by atoms with van der Waals surface area (Å²) in [6, 6.07) is 14.7. The zero-order valence-electron chi connectivity index (χ0n) is 24.3. The first kappa shape index (κ1) is 27.5. The highest BCUT2D eigenvalue weighted by Gasteiger charge is 2.24. The summed E-state index contributed by atoms with van der Waals surface area (Å²) < 4.78 is 18.4. The number of aliphatic hydroxyl groups is 1. The van der Waals surface area contributed by atoms with Crippen molar-refractivity contribution in [3.05, 3.63) is 99.3 Å². The molecule has 0 saturated carbocycles. The van der Waals surface area contributed by atoms with E-state index in [0.717, 1.165) is 38.2 Å². The number of nitrogens with two attached hydrogens (primary N) is 1. The molecule has 0 unspecified atom stereocenters. The number of halogens is 1. The van der Waals surface area contributed by atoms with Gasteiger partial charge in [0, 0.05) is 34.3 Å². The number of hydrogen-bond acceptors (Lipinski definition) is 6. The molecule has 2 aromatic heterocycles. The lowest BCUT2D eigenvalue weighted by Crippen LogP contribution is -2.24. The van der Waals surface area contributed by atoms with Gasteiger partial charge in [-0.25, -0.2) is 4.39 Å². The Balaban J connectivity index is 1.54. The summed E-state index contributed by atoms with van der Waals surface area (Å²) in [5, 5.41) is 20.2. The molecule has 1 aliphatic heterocycles. The first-order valence-electron chi connectivity index (χ1n) is 14.0. The molecular formula is C33H33FN6O2. The molecule has 0 saturated heterocycles. The van der Waals surface area contributed by atoms with E-state index >= 15 is 4.39 Å². The smallest absolute Gasteiger partial charge is 0.282 e. The number of aromatic nitrogens is 4. The van der Waals surface area contributed by atoms with Crippen LogP contribution in [0.1, 0.15) is 62.9 Å². The van der Waals surface area contributed by atoms with Crippen LogP contribution >= 0.6 is 0 Å². The summed E-state index contributed by atoms with van der Waals surface area (Å²) >= 11 is 0. The van der Waals surface area contributed by atoms with Gasteiger partial charge in [0.05, 0.1) is 36.1 Å². The third-order valence-electron chi connectivity index (χ3n) is 7.90. The third-order valence-corrected chi connectivity index (χ3v) is 7.90. The van der Waals surface area contributed by atoms with Gasteiger partial charge in [-0.2, -0.15) is 14.9 Å². The van der Waals surface area contributed by atoms with E-state index in [9.17, 15) is 9.90 Å². The maximum absolute atomic E-state index is 15.4. The summed E-state index contributed by atoms with van der Waals surface area (Å²) in [6.45, 7) is 10.2. The Kier molecular flexibility index (Phi) is 6.57. The van der Waals surface area contributed by atoms with Crippen LogP contribution in [0.2, 0.25) is 0 Å². The van der Waals surface area contributed by atoms with Crippen LogP contribution in [-0.2, 0) is 18.6 Å². The second-order valence-electron chi connectivity index (χ2n) is 12.0. The van der Waals surface area contributed by atoms with E-state index < -0.39 is 11.4 Å². The van der Waals surface area contributed by atoms with E-state index in [-0.39, 0.29) is 23.4 Å². The van der Waals surface area contributed by atoms with Gasteiger partial charge in [-0.05, 0) is 77.9 Å². The van der Waals surface area contributed by atoms with Crippen LogP contribution in [0, 0.1) is 5.82 Å². The van der Waals surface area contributed by atoms with Crippen LogP contribution in [0.25, 0.3) is 38.8 Å². The Morgan fingerprint density at radius 3 is 2.52 bits per heavy atom. The lowest BCUT2D eigenvalue weighted by atomic mass is 9.86. The molecule has 42 heavy (non-hydrogen) atoms. The molecule has 0 radical (unpaired) electrons. The highest BCUT2D eigenvalue weighted by Crippen LogP contribution is 2.37. The molecule has 0 spiro atoms. The minimum absolute atomic E-state index is 0.0446. The minimum Gasteiger partial charge on any atom is -0.392 e. The van der Waals surface area contributed by atoms with Gasteiger partial charge in [0.25, 0.3) is 5.56 Å². The van der Waals surface area contributed by atoms with Crippen LogP contribution in [-0.4, -0.2) is 30.5 Å². The van der Waals surface area contributed by atoms with Crippen LogP contribution in [0.4, 0.5) is 4.39 Å². The van der Waals surface area contributed by atoms with Gasteiger partial charge in [0.15, 0.2) is 0 Å². The molecule has 3 N–H and O–H groups in total. The van der Waals surface area contributed by atoms with Crippen molar-refractivity contribution in [3.8, 4) is 28.1 Å². The molecule has 0 aliphatic carbocycles. The van der Waals surface area contributed by atoms with Crippen LogP contribution in [0.5, 0.6) is 0 Å². The fourth-order valence-electron chi connectivity index (χ4n) is 5.52. The minimum atomic E-state index is -0.598. The van der Waals surface area contributed by atoms with Crippen LogP contribution in [0.15, 0.2) is 70.7 Å². The summed E-state index contributed by atoms with van der Waals surface area (Å²) in [6.07, 6.45) is 3.44. The van der Waals surface area contributed by atoms with E-state index in [0.29, 0.717) is 34.6 Å². The number of hydrogen-bond donors (Lipinski definition) is 2. The number of nitrogens with zero attached hydrogens (tertiary/aromatic N) is 5. The van der Waals surface area contributed by atoms with Crippen molar-refractivity contribution >= 4 is 16.6 Å². The van der Waals surface area contributed by atoms with Gasteiger partial charge in [-0.15, -0.1) is 0 Å². The first-order chi connectivity index (χ1) is 20.0. The Bertz CT molecular complexity index is 1960. The van der Waals surface area contributed by atoms with Crippen molar-refractivity contribution in [1.29, 1.82) is 0 Å². The fourth-order valence-corrected chi connectivity index (χ4v) is 5.52. The number of aliphatic imine (C=N–C) groups is 1. The third kappa shape index (κ3) is 4.50. The molecule has 6 rings (SSSR count). The van der Waals surface area contributed by atoms with Gasteiger partial charge in [0.1, 0.15) is 11.7 Å². The number of aliphatic hydroxyl groups excluding tert-OH is 1. The Hall–Kier alpha value is -4.63. The lowest BCUT2D eigenvalue weighted by Gasteiger charge is -2.20. The van der Waals surface area contributed by atoms with E-state index in [4.69, 9.17) is 10.8 Å². The molecule has 3 heterocycles. The molecule has 0 bridgehead atoms. The van der Waals surface area contributed by atoms with Crippen molar-refractivity contribution in [2.45, 2.75) is 59.2 Å². The highest BCUT2D eigenvalue weighted by atomic mass is 19.1. The second-order valence-corrected chi connectivity index (χ2v) is 12.0.